The number of anilines is 1. The van der Waals surface area contributed by atoms with E-state index in [1.54, 1.807) is 0 Å². The van der Waals surface area contributed by atoms with Gasteiger partial charge in [-0.3, -0.25) is 0 Å². The second kappa shape index (κ2) is 5.55. The molecule has 1 saturated heterocycles. The van der Waals surface area contributed by atoms with Crippen LogP contribution < -0.4 is 4.90 Å². The Morgan fingerprint density at radius 1 is 1.30 bits per heavy atom. The normalized spacial score (nSPS) is 19.2. The van der Waals surface area contributed by atoms with Crippen molar-refractivity contribution in [1.29, 1.82) is 0 Å². The molecular formula is C17H27ClN2. The molecule has 1 fully saturated rings. The van der Waals surface area contributed by atoms with Gasteiger partial charge in [0.2, 0.25) is 0 Å². The van der Waals surface area contributed by atoms with E-state index in [0.29, 0.717) is 11.3 Å². The van der Waals surface area contributed by atoms with Crippen LogP contribution in [0.15, 0.2) is 12.1 Å². The fourth-order valence-electron chi connectivity index (χ4n) is 2.81. The molecule has 0 radical (unpaired) electrons. The maximum Gasteiger partial charge on any atom is 0.129 e. The second-order valence-electron chi connectivity index (χ2n) is 7.79. The van der Waals surface area contributed by atoms with Crippen LogP contribution in [0.25, 0.3) is 0 Å². The van der Waals surface area contributed by atoms with Gasteiger partial charge in [0.1, 0.15) is 5.82 Å². The minimum atomic E-state index is 0.0577. The number of hydrogen-bond donors (Lipinski definition) is 0. The van der Waals surface area contributed by atoms with Gasteiger partial charge in [0.05, 0.1) is 0 Å². The molecule has 112 valence electrons. The fraction of sp³-hybridized carbons (Fsp3) is 0.706. The van der Waals surface area contributed by atoms with E-state index in [9.17, 15) is 0 Å². The third kappa shape index (κ3) is 3.66. The van der Waals surface area contributed by atoms with Crippen molar-refractivity contribution in [3.05, 3.63) is 23.4 Å². The molecule has 1 aromatic rings. The summed E-state index contributed by atoms with van der Waals surface area (Å²) in [4.78, 5) is 7.33. The van der Waals surface area contributed by atoms with Crippen molar-refractivity contribution in [2.45, 2.75) is 58.8 Å². The standard InChI is InChI=1S/C17H27ClN2/c1-16(2,3)14-9-13(11-18)10-15(19-14)20-8-6-7-17(4,5)12-20/h9-10H,6-8,11-12H2,1-5H3. The Morgan fingerprint density at radius 2 is 2.00 bits per heavy atom. The highest BCUT2D eigenvalue weighted by Crippen LogP contribution is 2.32. The van der Waals surface area contributed by atoms with E-state index in [2.05, 4.69) is 51.7 Å². The van der Waals surface area contributed by atoms with Crippen LogP contribution in [-0.4, -0.2) is 18.1 Å². The van der Waals surface area contributed by atoms with Crippen LogP contribution >= 0.6 is 11.6 Å². The van der Waals surface area contributed by atoms with Gasteiger partial charge in [-0.2, -0.15) is 0 Å². The lowest BCUT2D eigenvalue weighted by Crippen LogP contribution is -2.40. The molecule has 20 heavy (non-hydrogen) atoms. The number of piperidine rings is 1. The van der Waals surface area contributed by atoms with Crippen LogP contribution in [0.2, 0.25) is 0 Å². The smallest absolute Gasteiger partial charge is 0.129 e. The zero-order valence-electron chi connectivity index (χ0n) is 13.5. The first-order chi connectivity index (χ1) is 9.21. The van der Waals surface area contributed by atoms with Gasteiger partial charge in [0.15, 0.2) is 0 Å². The van der Waals surface area contributed by atoms with Crippen molar-refractivity contribution in [2.24, 2.45) is 5.41 Å². The highest BCUT2D eigenvalue weighted by atomic mass is 35.5. The summed E-state index contributed by atoms with van der Waals surface area (Å²) in [6.45, 7) is 13.5. The first kappa shape index (κ1) is 15.6. The summed E-state index contributed by atoms with van der Waals surface area (Å²) in [7, 11) is 0. The molecule has 0 amide bonds. The third-order valence-electron chi connectivity index (χ3n) is 4.02. The highest BCUT2D eigenvalue weighted by molar-refractivity contribution is 6.17. The lowest BCUT2D eigenvalue weighted by molar-refractivity contribution is 0.292. The van der Waals surface area contributed by atoms with E-state index in [-0.39, 0.29) is 5.41 Å². The van der Waals surface area contributed by atoms with Gasteiger partial charge in [-0.25, -0.2) is 4.98 Å². The Bertz CT molecular complexity index is 474. The van der Waals surface area contributed by atoms with Crippen LogP contribution in [-0.2, 0) is 11.3 Å². The van der Waals surface area contributed by atoms with E-state index in [1.807, 2.05) is 0 Å². The largest absolute Gasteiger partial charge is 0.356 e. The van der Waals surface area contributed by atoms with Crippen molar-refractivity contribution in [3.8, 4) is 0 Å². The van der Waals surface area contributed by atoms with Crippen LogP contribution in [0.5, 0.6) is 0 Å². The second-order valence-corrected chi connectivity index (χ2v) is 8.06. The molecule has 0 saturated carbocycles. The minimum absolute atomic E-state index is 0.0577. The van der Waals surface area contributed by atoms with Crippen molar-refractivity contribution in [3.63, 3.8) is 0 Å². The van der Waals surface area contributed by atoms with E-state index >= 15 is 0 Å². The third-order valence-corrected chi connectivity index (χ3v) is 4.33. The topological polar surface area (TPSA) is 16.1 Å². The quantitative estimate of drug-likeness (QED) is 0.732. The molecular weight excluding hydrogens is 268 g/mol. The summed E-state index contributed by atoms with van der Waals surface area (Å²) < 4.78 is 0. The summed E-state index contributed by atoms with van der Waals surface area (Å²) in [6, 6.07) is 4.30. The number of hydrogen-bond acceptors (Lipinski definition) is 2. The molecule has 0 atom stereocenters. The van der Waals surface area contributed by atoms with Gasteiger partial charge in [-0.15, -0.1) is 11.6 Å². The maximum absolute atomic E-state index is 6.07. The molecule has 1 aromatic heterocycles. The molecule has 1 aliphatic heterocycles. The summed E-state index contributed by atoms with van der Waals surface area (Å²) in [5.41, 5.74) is 2.74. The van der Waals surface area contributed by atoms with Gasteiger partial charge >= 0.3 is 0 Å². The van der Waals surface area contributed by atoms with Crippen LogP contribution in [0.4, 0.5) is 5.82 Å². The van der Waals surface area contributed by atoms with E-state index in [0.717, 1.165) is 24.6 Å². The Kier molecular flexibility index (Phi) is 4.34. The van der Waals surface area contributed by atoms with E-state index in [1.165, 1.54) is 18.4 Å². The van der Waals surface area contributed by atoms with Crippen molar-refractivity contribution in [1.82, 2.24) is 4.98 Å². The molecule has 2 heterocycles. The molecule has 2 rings (SSSR count). The highest BCUT2D eigenvalue weighted by Gasteiger charge is 2.28. The summed E-state index contributed by atoms with van der Waals surface area (Å²) in [5.74, 6) is 1.65. The van der Waals surface area contributed by atoms with Gasteiger partial charge in [0, 0.05) is 30.1 Å². The molecule has 0 spiro atoms. The first-order valence-electron chi connectivity index (χ1n) is 7.54. The van der Waals surface area contributed by atoms with Crippen molar-refractivity contribution >= 4 is 17.4 Å². The minimum Gasteiger partial charge on any atom is -0.356 e. The Hall–Kier alpha value is -0.760. The van der Waals surface area contributed by atoms with Crippen molar-refractivity contribution < 1.29 is 0 Å². The Labute approximate surface area is 128 Å². The molecule has 2 nitrogen and oxygen atoms in total. The molecule has 0 aliphatic carbocycles. The number of rotatable bonds is 2. The Morgan fingerprint density at radius 3 is 2.55 bits per heavy atom. The average Bonchev–Trinajstić information content (AvgIpc) is 2.36. The van der Waals surface area contributed by atoms with Crippen molar-refractivity contribution in [2.75, 3.05) is 18.0 Å². The number of nitrogens with zero attached hydrogens (tertiary/aromatic N) is 2. The SMILES string of the molecule is CC1(C)CCCN(c2cc(CCl)cc(C(C)(C)C)n2)C1. The summed E-state index contributed by atoms with van der Waals surface area (Å²) in [5, 5.41) is 0. The molecule has 1 aliphatic rings. The zero-order chi connectivity index (χ0) is 15.0. The van der Waals surface area contributed by atoms with Crippen LogP contribution in [0.3, 0.4) is 0 Å². The van der Waals surface area contributed by atoms with Gasteiger partial charge in [-0.1, -0.05) is 34.6 Å². The molecule has 0 bridgehead atoms. The number of halogens is 1. The molecule has 0 unspecified atom stereocenters. The van der Waals surface area contributed by atoms with Crippen LogP contribution in [0.1, 0.15) is 58.7 Å². The van der Waals surface area contributed by atoms with E-state index in [4.69, 9.17) is 16.6 Å². The fourth-order valence-corrected chi connectivity index (χ4v) is 2.97. The predicted molar refractivity (Wildman–Crippen MR) is 87.7 cm³/mol. The van der Waals surface area contributed by atoms with E-state index < -0.39 is 0 Å². The maximum atomic E-state index is 6.07. The number of pyridine rings is 1. The molecule has 3 heteroatoms. The monoisotopic (exact) mass is 294 g/mol. The number of aromatic nitrogens is 1. The average molecular weight is 295 g/mol. The first-order valence-corrected chi connectivity index (χ1v) is 8.07. The summed E-state index contributed by atoms with van der Waals surface area (Å²) in [6.07, 6.45) is 2.54. The lowest BCUT2D eigenvalue weighted by atomic mass is 9.84. The van der Waals surface area contributed by atoms with Gasteiger partial charge in [-0.05, 0) is 36.0 Å². The zero-order valence-corrected chi connectivity index (χ0v) is 14.2. The predicted octanol–water partition coefficient (Wildman–Crippen LogP) is 4.74. The number of alkyl halides is 1. The molecule has 0 aromatic carbocycles. The molecule has 0 N–H and O–H groups in total. The van der Waals surface area contributed by atoms with Gasteiger partial charge in [0.25, 0.3) is 0 Å². The Balaban J connectivity index is 2.36. The summed E-state index contributed by atoms with van der Waals surface area (Å²) >= 11 is 6.07. The lowest BCUT2D eigenvalue weighted by Gasteiger charge is -2.39. The van der Waals surface area contributed by atoms with Crippen LogP contribution in [0, 0.1) is 5.41 Å². The van der Waals surface area contributed by atoms with Gasteiger partial charge < -0.3 is 4.90 Å².